The zero-order valence-corrected chi connectivity index (χ0v) is 27.7. The van der Waals surface area contributed by atoms with E-state index in [1.807, 2.05) is 0 Å². The number of para-hydroxylation sites is 1. The van der Waals surface area contributed by atoms with Gasteiger partial charge in [-0.3, -0.25) is 14.2 Å². The summed E-state index contributed by atoms with van der Waals surface area (Å²) in [6, 6.07) is 5.79. The van der Waals surface area contributed by atoms with E-state index in [-0.39, 0.29) is 25.9 Å². The summed E-state index contributed by atoms with van der Waals surface area (Å²) in [5.74, 6) is -3.38. The van der Waals surface area contributed by atoms with E-state index < -0.39 is 76.7 Å². The first-order valence-electron chi connectivity index (χ1n) is 15.5. The maximum atomic E-state index is 14.2. The molecule has 1 heterocycles. The van der Waals surface area contributed by atoms with E-state index in [4.69, 9.17) is 18.9 Å². The van der Waals surface area contributed by atoms with Crippen LogP contribution in [-0.2, 0) is 39.8 Å². The van der Waals surface area contributed by atoms with Crippen LogP contribution in [0.3, 0.4) is 0 Å². The molecule has 252 valence electrons. The number of nitrogens with zero attached hydrogens (tertiary/aromatic N) is 1. The number of hydrogen-bond acceptors (Lipinski definition) is 10. The van der Waals surface area contributed by atoms with Crippen LogP contribution < -0.4 is 10.6 Å². The summed E-state index contributed by atoms with van der Waals surface area (Å²) >= 11 is 0. The summed E-state index contributed by atoms with van der Waals surface area (Å²) < 4.78 is 22.6. The molecule has 46 heavy (non-hydrogen) atoms. The van der Waals surface area contributed by atoms with Gasteiger partial charge in [-0.1, -0.05) is 18.2 Å². The summed E-state index contributed by atoms with van der Waals surface area (Å²) in [6.45, 7) is 11.9. The Kier molecular flexibility index (Phi) is 9.77. The molecule has 0 unspecified atom stereocenters. The topological polar surface area (TPSA) is 171 Å². The highest BCUT2D eigenvalue weighted by Gasteiger charge is 2.73. The number of nitrogens with one attached hydrogen (secondary N) is 2. The Balaban J connectivity index is 1.70. The van der Waals surface area contributed by atoms with Gasteiger partial charge in [0.25, 0.3) is 0 Å². The van der Waals surface area contributed by atoms with E-state index in [0.717, 1.165) is 0 Å². The smallest absolute Gasteiger partial charge is 0.419 e. The van der Waals surface area contributed by atoms with E-state index in [2.05, 4.69) is 10.6 Å². The lowest BCUT2D eigenvalue weighted by atomic mass is 9.88. The standard InChI is InChI=1S/C33H45N3O10/c1-9-44-28(40)33(16-23(37)25-20(26(25)33)15-24(38)43-8)35-27(39)21(34-29(41)45-31(2,3)4)14-18-17-36(30(42)46-32(5,6)7)22-13-11-10-12-19(18)22/h10-13,17,20-21,23,25-26,37H,9,14-16H2,1-8H3,(H,34,41)(H,35,39)/t20-,21-,23-,25+,26+,33-/m0/s1. The maximum absolute atomic E-state index is 14.2. The number of benzene rings is 1. The lowest BCUT2D eigenvalue weighted by Crippen LogP contribution is -2.61. The van der Waals surface area contributed by atoms with Gasteiger partial charge in [-0.25, -0.2) is 14.4 Å². The number of methoxy groups -OCH3 is 1. The van der Waals surface area contributed by atoms with Crippen LogP contribution in [0.5, 0.6) is 0 Å². The number of hydrogen-bond donors (Lipinski definition) is 3. The van der Waals surface area contributed by atoms with E-state index >= 15 is 0 Å². The predicted octanol–water partition coefficient (Wildman–Crippen LogP) is 3.47. The summed E-state index contributed by atoms with van der Waals surface area (Å²) in [5.41, 5.74) is -2.20. The first-order chi connectivity index (χ1) is 21.4. The van der Waals surface area contributed by atoms with Gasteiger partial charge in [0.1, 0.15) is 22.8 Å². The molecule has 3 N–H and O–H groups in total. The normalized spacial score (nSPS) is 24.4. The highest BCUT2D eigenvalue weighted by Crippen LogP contribution is 2.64. The van der Waals surface area contributed by atoms with Crippen molar-refractivity contribution in [3.05, 3.63) is 36.0 Å². The minimum atomic E-state index is -1.64. The van der Waals surface area contributed by atoms with E-state index in [1.54, 1.807) is 78.9 Å². The van der Waals surface area contributed by atoms with Crippen molar-refractivity contribution in [1.82, 2.24) is 15.2 Å². The molecule has 0 bridgehead atoms. The fraction of sp³-hybridized carbons (Fsp3) is 0.606. The minimum Gasteiger partial charge on any atom is -0.469 e. The van der Waals surface area contributed by atoms with Gasteiger partial charge in [0, 0.05) is 36.8 Å². The number of fused-ring (bicyclic) bond motifs is 2. The van der Waals surface area contributed by atoms with Crippen molar-refractivity contribution < 1.29 is 48.0 Å². The van der Waals surface area contributed by atoms with Crippen molar-refractivity contribution in [1.29, 1.82) is 0 Å². The van der Waals surface area contributed by atoms with Crippen molar-refractivity contribution in [2.24, 2.45) is 17.8 Å². The fourth-order valence-electron chi connectivity index (χ4n) is 6.49. The Morgan fingerprint density at radius 1 is 1.04 bits per heavy atom. The molecule has 0 radical (unpaired) electrons. The number of carbonyl (C=O) groups excluding carboxylic acids is 5. The molecule has 0 aliphatic heterocycles. The molecule has 0 saturated heterocycles. The number of aliphatic hydroxyl groups is 1. The van der Waals surface area contributed by atoms with Gasteiger partial charge in [0.05, 0.1) is 25.3 Å². The average molecular weight is 644 g/mol. The van der Waals surface area contributed by atoms with Crippen LogP contribution in [0.2, 0.25) is 0 Å². The van der Waals surface area contributed by atoms with Crippen molar-refractivity contribution >= 4 is 40.9 Å². The van der Waals surface area contributed by atoms with Crippen LogP contribution in [0, 0.1) is 17.8 Å². The molecule has 0 spiro atoms. The van der Waals surface area contributed by atoms with Crippen molar-refractivity contribution in [2.45, 2.75) is 96.6 Å². The monoisotopic (exact) mass is 643 g/mol. The molecular formula is C33H45N3O10. The second-order valence-corrected chi connectivity index (χ2v) is 13.9. The number of carbonyl (C=O) groups is 5. The second kappa shape index (κ2) is 12.9. The quantitative estimate of drug-likeness (QED) is 0.271. The summed E-state index contributed by atoms with van der Waals surface area (Å²) in [7, 11) is 1.25. The molecule has 2 aliphatic carbocycles. The van der Waals surface area contributed by atoms with Crippen LogP contribution in [0.15, 0.2) is 30.5 Å². The first-order valence-corrected chi connectivity index (χ1v) is 15.5. The van der Waals surface area contributed by atoms with E-state index in [0.29, 0.717) is 16.5 Å². The zero-order chi connectivity index (χ0) is 34.2. The third-order valence-corrected chi connectivity index (χ3v) is 8.21. The van der Waals surface area contributed by atoms with Crippen LogP contribution in [-0.4, -0.2) is 82.3 Å². The average Bonchev–Trinajstić information content (AvgIpc) is 3.41. The third-order valence-electron chi connectivity index (χ3n) is 8.21. The molecule has 6 atom stereocenters. The molecule has 2 aromatic rings. The SMILES string of the molecule is CCOC(=O)[C@]1(NC(=O)[C@H](Cc2cn(C(=O)OC(C)(C)C)c3ccccc23)NC(=O)OC(C)(C)C)C[C@H](O)[C@H]2[C@H](CC(=O)OC)[C@H]21. The zero-order valence-electron chi connectivity index (χ0n) is 27.7. The lowest BCUT2D eigenvalue weighted by molar-refractivity contribution is -0.155. The van der Waals surface area contributed by atoms with Gasteiger partial charge in [-0.05, 0) is 71.9 Å². The molecule has 2 saturated carbocycles. The first kappa shape index (κ1) is 34.7. The number of amides is 2. The van der Waals surface area contributed by atoms with Crippen molar-refractivity contribution in [3.63, 3.8) is 0 Å². The maximum Gasteiger partial charge on any atom is 0.419 e. The van der Waals surface area contributed by atoms with Crippen LogP contribution in [0.25, 0.3) is 10.9 Å². The van der Waals surface area contributed by atoms with E-state index in [1.165, 1.54) is 11.7 Å². The minimum absolute atomic E-state index is 0.0232. The highest BCUT2D eigenvalue weighted by atomic mass is 16.6. The molecule has 2 fully saturated rings. The largest absolute Gasteiger partial charge is 0.469 e. The van der Waals surface area contributed by atoms with Gasteiger partial charge in [0.15, 0.2) is 0 Å². The molecule has 13 heteroatoms. The van der Waals surface area contributed by atoms with Crippen LogP contribution >= 0.6 is 0 Å². The highest BCUT2D eigenvalue weighted by molar-refractivity contribution is 5.95. The van der Waals surface area contributed by atoms with Crippen LogP contribution in [0.1, 0.15) is 66.9 Å². The number of ether oxygens (including phenoxy) is 4. The number of rotatable bonds is 9. The Morgan fingerprint density at radius 3 is 2.30 bits per heavy atom. The van der Waals surface area contributed by atoms with Gasteiger partial charge in [-0.15, -0.1) is 0 Å². The second-order valence-electron chi connectivity index (χ2n) is 13.9. The molecule has 4 rings (SSSR count). The van der Waals surface area contributed by atoms with Crippen molar-refractivity contribution in [2.75, 3.05) is 13.7 Å². The Hall–Kier alpha value is -4.13. The Morgan fingerprint density at radius 2 is 1.70 bits per heavy atom. The third kappa shape index (κ3) is 7.46. The van der Waals surface area contributed by atoms with Gasteiger partial charge < -0.3 is 34.7 Å². The van der Waals surface area contributed by atoms with E-state index in [9.17, 15) is 29.1 Å². The summed E-state index contributed by atoms with van der Waals surface area (Å²) in [4.78, 5) is 65.9. The predicted molar refractivity (Wildman–Crippen MR) is 166 cm³/mol. The number of esters is 2. The van der Waals surface area contributed by atoms with Gasteiger partial charge >= 0.3 is 24.1 Å². The van der Waals surface area contributed by atoms with Gasteiger partial charge in [0.2, 0.25) is 5.91 Å². The Labute approximate surface area is 268 Å². The number of aromatic nitrogens is 1. The molecule has 1 aromatic carbocycles. The summed E-state index contributed by atoms with van der Waals surface area (Å²) in [5, 5.41) is 17.0. The number of aliphatic hydroxyl groups excluding tert-OH is 1. The van der Waals surface area contributed by atoms with Crippen molar-refractivity contribution in [3.8, 4) is 0 Å². The lowest BCUT2D eigenvalue weighted by Gasteiger charge is -2.33. The number of alkyl carbamates (subject to hydrolysis) is 1. The van der Waals surface area contributed by atoms with Crippen LogP contribution in [0.4, 0.5) is 9.59 Å². The molecule has 13 nitrogen and oxygen atoms in total. The molecule has 2 amide bonds. The molecule has 1 aromatic heterocycles. The van der Waals surface area contributed by atoms with Gasteiger partial charge in [-0.2, -0.15) is 0 Å². The fourth-order valence-corrected chi connectivity index (χ4v) is 6.49. The molecule has 2 aliphatic rings. The Bertz CT molecular complexity index is 1500. The molecular weight excluding hydrogens is 598 g/mol. The summed E-state index contributed by atoms with van der Waals surface area (Å²) in [6.07, 6.45) is -1.16.